The number of hydrogen-bond acceptors (Lipinski definition) is 7. The van der Waals surface area contributed by atoms with Gasteiger partial charge in [-0.25, -0.2) is 14.5 Å². The minimum atomic E-state index is -0.233. The molecule has 5 aromatic rings. The number of aromatic hydroxyl groups is 1. The van der Waals surface area contributed by atoms with Gasteiger partial charge in [0.25, 0.3) is 0 Å². The van der Waals surface area contributed by atoms with Crippen LogP contribution in [-0.4, -0.2) is 31.8 Å². The lowest BCUT2D eigenvalue weighted by Gasteiger charge is -2.28. The third-order valence-electron chi connectivity index (χ3n) is 6.60. The Balaban J connectivity index is 1.45. The van der Waals surface area contributed by atoms with Crippen molar-refractivity contribution in [2.24, 2.45) is 0 Å². The number of nitrogens with zero attached hydrogens (tertiary/aromatic N) is 4. The lowest BCUT2D eigenvalue weighted by atomic mass is 9.84. The molecule has 0 saturated carbocycles. The molecule has 0 fully saturated rings. The van der Waals surface area contributed by atoms with Crippen LogP contribution in [0.2, 0.25) is 0 Å². The number of hydrogen-bond donors (Lipinski definition) is 1. The highest BCUT2D eigenvalue weighted by Gasteiger charge is 2.33. The van der Waals surface area contributed by atoms with Gasteiger partial charge in [-0.2, -0.15) is 0 Å². The minimum Gasteiger partial charge on any atom is -0.508 e. The summed E-state index contributed by atoms with van der Waals surface area (Å²) >= 11 is 0. The molecule has 3 aromatic carbocycles. The van der Waals surface area contributed by atoms with Crippen LogP contribution in [0.15, 0.2) is 67.0 Å². The van der Waals surface area contributed by atoms with E-state index in [1.54, 1.807) is 30.1 Å². The van der Waals surface area contributed by atoms with Crippen molar-refractivity contribution in [3.8, 4) is 28.9 Å². The van der Waals surface area contributed by atoms with Crippen LogP contribution >= 0.6 is 0 Å². The molecule has 0 bridgehead atoms. The van der Waals surface area contributed by atoms with Gasteiger partial charge in [0.1, 0.15) is 35.9 Å². The zero-order chi connectivity index (χ0) is 24.8. The van der Waals surface area contributed by atoms with E-state index in [-0.39, 0.29) is 18.3 Å². The van der Waals surface area contributed by atoms with E-state index in [4.69, 9.17) is 19.2 Å². The summed E-state index contributed by atoms with van der Waals surface area (Å²) in [7, 11) is 1.64. The molecule has 1 aliphatic heterocycles. The SMILES string of the molecule is COc1ccc([C@@H]2c3ccc(O)cc3Oc3ncn4nc(COc5cccc(C)c5C)nc4c32)cc1. The van der Waals surface area contributed by atoms with Crippen LogP contribution in [0, 0.1) is 13.8 Å². The maximum atomic E-state index is 10.1. The van der Waals surface area contributed by atoms with Crippen LogP contribution in [-0.2, 0) is 6.61 Å². The van der Waals surface area contributed by atoms with E-state index in [2.05, 4.69) is 23.1 Å². The highest BCUT2D eigenvalue weighted by molar-refractivity contribution is 5.66. The summed E-state index contributed by atoms with van der Waals surface area (Å²) in [6, 6.07) is 19.0. The number of aromatic nitrogens is 4. The maximum absolute atomic E-state index is 10.1. The third kappa shape index (κ3) is 3.67. The molecule has 6 rings (SSSR count). The fourth-order valence-corrected chi connectivity index (χ4v) is 4.57. The molecular formula is C28H24N4O4. The van der Waals surface area contributed by atoms with E-state index in [1.807, 2.05) is 49.4 Å². The van der Waals surface area contributed by atoms with Crippen LogP contribution < -0.4 is 14.2 Å². The van der Waals surface area contributed by atoms with Gasteiger partial charge in [-0.3, -0.25) is 0 Å². The fourth-order valence-electron chi connectivity index (χ4n) is 4.57. The Hall–Kier alpha value is -4.59. The van der Waals surface area contributed by atoms with Crippen molar-refractivity contribution in [3.63, 3.8) is 0 Å². The van der Waals surface area contributed by atoms with Gasteiger partial charge in [-0.15, -0.1) is 5.10 Å². The number of fused-ring (bicyclic) bond motifs is 4. The van der Waals surface area contributed by atoms with Gasteiger partial charge in [0.15, 0.2) is 11.5 Å². The molecule has 0 saturated heterocycles. The first-order valence-electron chi connectivity index (χ1n) is 11.6. The molecule has 0 aliphatic carbocycles. The Morgan fingerprint density at radius 1 is 1.06 bits per heavy atom. The normalized spacial score (nSPS) is 14.1. The second-order valence-corrected chi connectivity index (χ2v) is 8.78. The van der Waals surface area contributed by atoms with E-state index in [9.17, 15) is 5.11 Å². The van der Waals surface area contributed by atoms with E-state index < -0.39 is 0 Å². The number of aryl methyl sites for hydroxylation is 1. The van der Waals surface area contributed by atoms with Gasteiger partial charge >= 0.3 is 0 Å². The predicted octanol–water partition coefficient (Wildman–Crippen LogP) is 5.32. The van der Waals surface area contributed by atoms with Gasteiger partial charge in [0.2, 0.25) is 5.88 Å². The summed E-state index contributed by atoms with van der Waals surface area (Å²) in [5, 5.41) is 14.7. The van der Waals surface area contributed by atoms with Gasteiger partial charge in [-0.1, -0.05) is 30.3 Å². The van der Waals surface area contributed by atoms with E-state index in [0.29, 0.717) is 23.1 Å². The first kappa shape index (κ1) is 21.9. The predicted molar refractivity (Wildman–Crippen MR) is 133 cm³/mol. The Labute approximate surface area is 207 Å². The summed E-state index contributed by atoms with van der Waals surface area (Å²) < 4.78 is 19.2. The fraction of sp³-hybridized carbons (Fsp3) is 0.179. The Morgan fingerprint density at radius 2 is 1.89 bits per heavy atom. The van der Waals surface area contributed by atoms with E-state index >= 15 is 0 Å². The molecule has 180 valence electrons. The molecule has 0 radical (unpaired) electrons. The molecule has 0 unspecified atom stereocenters. The van der Waals surface area contributed by atoms with Crippen LogP contribution in [0.25, 0.3) is 5.65 Å². The number of benzene rings is 3. The largest absolute Gasteiger partial charge is 0.508 e. The first-order valence-corrected chi connectivity index (χ1v) is 11.6. The lowest BCUT2D eigenvalue weighted by molar-refractivity contribution is 0.294. The van der Waals surface area contributed by atoms with Crippen LogP contribution in [0.4, 0.5) is 0 Å². The van der Waals surface area contributed by atoms with Crippen molar-refractivity contribution >= 4 is 5.65 Å². The van der Waals surface area contributed by atoms with Crippen LogP contribution in [0.3, 0.4) is 0 Å². The molecule has 36 heavy (non-hydrogen) atoms. The topological polar surface area (TPSA) is 91.0 Å². The zero-order valence-electron chi connectivity index (χ0n) is 20.1. The van der Waals surface area contributed by atoms with Crippen molar-refractivity contribution in [3.05, 3.63) is 101 Å². The Morgan fingerprint density at radius 3 is 2.69 bits per heavy atom. The van der Waals surface area contributed by atoms with Crippen molar-refractivity contribution in [1.82, 2.24) is 19.6 Å². The number of rotatable bonds is 5. The van der Waals surface area contributed by atoms with E-state index in [1.165, 1.54) is 0 Å². The minimum absolute atomic E-state index is 0.125. The second-order valence-electron chi connectivity index (χ2n) is 8.78. The van der Waals surface area contributed by atoms with Crippen LogP contribution in [0.1, 0.15) is 39.6 Å². The molecular weight excluding hydrogens is 456 g/mol. The molecule has 1 N–H and O–H groups in total. The molecule has 1 aliphatic rings. The molecule has 3 heterocycles. The lowest BCUT2D eigenvalue weighted by Crippen LogP contribution is -2.15. The monoisotopic (exact) mass is 480 g/mol. The van der Waals surface area contributed by atoms with Gasteiger partial charge in [-0.05, 0) is 54.8 Å². The average Bonchev–Trinajstić information content (AvgIpc) is 3.31. The molecule has 8 heteroatoms. The molecule has 1 atom stereocenters. The first-order chi connectivity index (χ1) is 17.5. The summed E-state index contributed by atoms with van der Waals surface area (Å²) in [5.74, 6) is 2.98. The zero-order valence-corrected chi connectivity index (χ0v) is 20.1. The molecule has 0 amide bonds. The van der Waals surface area contributed by atoms with Crippen molar-refractivity contribution in [2.75, 3.05) is 7.11 Å². The highest BCUT2D eigenvalue weighted by Crippen LogP contribution is 2.48. The Kier molecular flexibility index (Phi) is 5.21. The number of phenols is 1. The Bertz CT molecular complexity index is 1590. The third-order valence-corrected chi connectivity index (χ3v) is 6.60. The van der Waals surface area contributed by atoms with Crippen molar-refractivity contribution < 1.29 is 19.3 Å². The summed E-state index contributed by atoms with van der Waals surface area (Å²) in [6.07, 6.45) is 1.58. The standard InChI is InChI=1S/C28H24N4O4/c1-16-5-4-6-22(17(16)2)35-14-24-30-27-26-25(18-7-10-20(34-3)11-8-18)21-12-9-19(33)13-23(21)36-28(26)29-15-32(27)31-24/h4-13,15,25,33H,14H2,1-3H3/t25-/m1/s1. The van der Waals surface area contributed by atoms with E-state index in [0.717, 1.165) is 39.3 Å². The maximum Gasteiger partial charge on any atom is 0.228 e. The van der Waals surface area contributed by atoms with Gasteiger partial charge < -0.3 is 19.3 Å². The quantitative estimate of drug-likeness (QED) is 0.357. The van der Waals surface area contributed by atoms with Gasteiger partial charge in [0.05, 0.1) is 12.7 Å². The second kappa shape index (κ2) is 8.57. The molecule has 0 spiro atoms. The summed E-state index contributed by atoms with van der Waals surface area (Å²) in [6.45, 7) is 4.31. The smallest absolute Gasteiger partial charge is 0.228 e. The van der Waals surface area contributed by atoms with Crippen molar-refractivity contribution in [1.29, 1.82) is 0 Å². The highest BCUT2D eigenvalue weighted by atomic mass is 16.5. The number of methoxy groups -OCH3 is 1. The van der Waals surface area contributed by atoms with Crippen molar-refractivity contribution in [2.45, 2.75) is 26.4 Å². The summed E-state index contributed by atoms with van der Waals surface area (Å²) in [5.41, 5.74) is 5.60. The van der Waals surface area contributed by atoms with Gasteiger partial charge in [0, 0.05) is 17.5 Å². The molecule has 8 nitrogen and oxygen atoms in total. The summed E-state index contributed by atoms with van der Waals surface area (Å²) in [4.78, 5) is 9.36. The number of phenolic OH excluding ortho intramolecular Hbond substituents is 1. The van der Waals surface area contributed by atoms with Crippen LogP contribution in [0.5, 0.6) is 28.9 Å². The number of ether oxygens (including phenoxy) is 3. The molecule has 2 aromatic heterocycles. The average molecular weight is 481 g/mol.